The Bertz CT molecular complexity index is 215. The monoisotopic (exact) mass is 170 g/mol. The van der Waals surface area contributed by atoms with Gasteiger partial charge in [0.2, 0.25) is 0 Å². The van der Waals surface area contributed by atoms with Crippen LogP contribution in [-0.4, -0.2) is 0 Å². The molecule has 0 N–H and O–H groups in total. The summed E-state index contributed by atoms with van der Waals surface area (Å²) < 4.78 is 0. The second kappa shape index (κ2) is 4.40. The Morgan fingerprint density at radius 2 is 1.73 bits per heavy atom. The Morgan fingerprint density at radius 1 is 1.27 bits per heavy atom. The molecule has 0 bridgehead atoms. The van der Waals surface area contributed by atoms with Crippen LogP contribution in [0.3, 0.4) is 0 Å². The number of allylic oxidation sites excluding steroid dienone is 5. The van der Waals surface area contributed by atoms with Gasteiger partial charge in [-0.25, -0.2) is 0 Å². The molecule has 0 spiro atoms. The minimum absolute atomic E-state index is 0.626. The third kappa shape index (κ3) is 2.94. The molecule has 0 fully saturated rings. The van der Waals surface area contributed by atoms with Gasteiger partial charge in [-0.05, 0) is 38.8 Å². The number of rotatable bonds is 2. The lowest BCUT2D eigenvalue weighted by atomic mass is 10.0. The van der Waals surface area contributed by atoms with Crippen molar-refractivity contribution < 1.29 is 0 Å². The summed E-state index contributed by atoms with van der Waals surface area (Å²) in [7, 11) is 0. The molecule has 0 atom stereocenters. The molecule has 0 aromatic heterocycles. The van der Waals surface area contributed by atoms with Crippen LogP contribution in [0.1, 0.15) is 27.7 Å². The first-order valence-corrected chi connectivity index (χ1v) is 4.04. The highest BCUT2D eigenvalue weighted by atomic mass is 35.5. The second-order valence-electron chi connectivity index (χ2n) is 2.75. The van der Waals surface area contributed by atoms with Crippen molar-refractivity contribution in [2.75, 3.05) is 0 Å². The van der Waals surface area contributed by atoms with Crippen LogP contribution in [0.2, 0.25) is 0 Å². The molecule has 0 aromatic carbocycles. The van der Waals surface area contributed by atoms with Gasteiger partial charge in [-0.3, -0.25) is 0 Å². The molecule has 0 unspecified atom stereocenters. The zero-order valence-corrected chi connectivity index (χ0v) is 8.42. The maximum Gasteiger partial charge on any atom is 0.0408 e. The van der Waals surface area contributed by atoms with Crippen molar-refractivity contribution >= 4 is 11.6 Å². The normalized spacial score (nSPS) is 11.2. The molecule has 0 heterocycles. The average Bonchev–Trinajstić information content (AvgIpc) is 1.85. The zero-order valence-electron chi connectivity index (χ0n) is 7.66. The van der Waals surface area contributed by atoms with E-state index in [-0.39, 0.29) is 0 Å². The first-order chi connectivity index (χ1) is 5.00. The van der Waals surface area contributed by atoms with E-state index >= 15 is 0 Å². The third-order valence-corrected chi connectivity index (χ3v) is 1.79. The highest BCUT2D eigenvalue weighted by molar-refractivity contribution is 6.32. The average molecular weight is 171 g/mol. The number of hydrogen-bond donors (Lipinski definition) is 0. The van der Waals surface area contributed by atoms with Crippen LogP contribution in [0.25, 0.3) is 0 Å². The molecule has 0 aliphatic heterocycles. The molecular formula is C10H15Cl. The van der Waals surface area contributed by atoms with E-state index in [1.165, 1.54) is 11.1 Å². The zero-order chi connectivity index (χ0) is 9.02. The van der Waals surface area contributed by atoms with Crippen molar-refractivity contribution in [3.8, 4) is 0 Å². The summed E-state index contributed by atoms with van der Waals surface area (Å²) >= 11 is 5.82. The molecule has 0 saturated carbocycles. The van der Waals surface area contributed by atoms with Crippen LogP contribution >= 0.6 is 11.6 Å². The fourth-order valence-electron chi connectivity index (χ4n) is 1.02. The van der Waals surface area contributed by atoms with Crippen LogP contribution in [0.15, 0.2) is 34.4 Å². The molecule has 0 aromatic rings. The number of halogens is 1. The van der Waals surface area contributed by atoms with Gasteiger partial charge in [-0.1, -0.05) is 29.8 Å². The Hall–Kier alpha value is -0.490. The summed E-state index contributed by atoms with van der Waals surface area (Å²) in [5.41, 5.74) is 3.47. The fraction of sp³-hybridized carbons (Fsp3) is 0.400. The molecule has 0 radical (unpaired) electrons. The van der Waals surface area contributed by atoms with Crippen LogP contribution < -0.4 is 0 Å². The highest BCUT2D eigenvalue weighted by Crippen LogP contribution is 2.23. The maximum atomic E-state index is 5.82. The fourth-order valence-corrected chi connectivity index (χ4v) is 1.36. The van der Waals surface area contributed by atoms with Crippen LogP contribution in [0.4, 0.5) is 0 Å². The molecule has 11 heavy (non-hydrogen) atoms. The molecule has 1 heteroatoms. The standard InChI is InChI=1S/C10H15Cl/c1-6-8(4)10(7(2)3)9(5)11/h6H,5H2,1-4H3/b8-6-. The van der Waals surface area contributed by atoms with Crippen molar-refractivity contribution in [2.24, 2.45) is 0 Å². The van der Waals surface area contributed by atoms with Gasteiger partial charge >= 0.3 is 0 Å². The highest BCUT2D eigenvalue weighted by Gasteiger charge is 2.02. The minimum Gasteiger partial charge on any atom is -0.0843 e. The van der Waals surface area contributed by atoms with Crippen LogP contribution in [-0.2, 0) is 0 Å². The maximum absolute atomic E-state index is 5.82. The van der Waals surface area contributed by atoms with Gasteiger partial charge in [0, 0.05) is 5.03 Å². The largest absolute Gasteiger partial charge is 0.0843 e. The lowest BCUT2D eigenvalue weighted by Gasteiger charge is -2.07. The Balaban J connectivity index is 4.95. The van der Waals surface area contributed by atoms with E-state index in [0.29, 0.717) is 5.03 Å². The van der Waals surface area contributed by atoms with Gasteiger partial charge in [-0.15, -0.1) is 0 Å². The Labute approximate surface area is 74.3 Å². The van der Waals surface area contributed by atoms with E-state index < -0.39 is 0 Å². The summed E-state index contributed by atoms with van der Waals surface area (Å²) in [6, 6.07) is 0. The topological polar surface area (TPSA) is 0 Å². The third-order valence-electron chi connectivity index (χ3n) is 1.60. The Kier molecular flexibility index (Phi) is 4.20. The predicted molar refractivity (Wildman–Crippen MR) is 52.8 cm³/mol. The summed E-state index contributed by atoms with van der Waals surface area (Å²) in [4.78, 5) is 0. The summed E-state index contributed by atoms with van der Waals surface area (Å²) in [6.07, 6.45) is 2.04. The van der Waals surface area contributed by atoms with Gasteiger partial charge in [0.25, 0.3) is 0 Å². The summed E-state index contributed by atoms with van der Waals surface area (Å²) in [6.45, 7) is 11.8. The van der Waals surface area contributed by atoms with Crippen molar-refractivity contribution in [3.63, 3.8) is 0 Å². The predicted octanol–water partition coefficient (Wildman–Crippen LogP) is 4.04. The van der Waals surface area contributed by atoms with Gasteiger partial charge in [-0.2, -0.15) is 0 Å². The van der Waals surface area contributed by atoms with Gasteiger partial charge in [0.15, 0.2) is 0 Å². The van der Waals surface area contributed by atoms with E-state index in [2.05, 4.69) is 6.58 Å². The summed E-state index contributed by atoms with van der Waals surface area (Å²) in [5, 5.41) is 0.626. The molecule has 0 rings (SSSR count). The van der Waals surface area contributed by atoms with Crippen molar-refractivity contribution in [3.05, 3.63) is 34.4 Å². The Morgan fingerprint density at radius 3 is 1.82 bits per heavy atom. The first kappa shape index (κ1) is 10.5. The van der Waals surface area contributed by atoms with E-state index in [1.807, 2.05) is 33.8 Å². The van der Waals surface area contributed by atoms with E-state index in [4.69, 9.17) is 11.6 Å². The molecule has 0 aliphatic carbocycles. The van der Waals surface area contributed by atoms with Crippen LogP contribution in [0, 0.1) is 0 Å². The van der Waals surface area contributed by atoms with E-state index in [0.717, 1.165) is 5.57 Å². The molecule has 0 amide bonds. The van der Waals surface area contributed by atoms with E-state index in [1.54, 1.807) is 0 Å². The molecule has 0 nitrogen and oxygen atoms in total. The van der Waals surface area contributed by atoms with Crippen molar-refractivity contribution in [2.45, 2.75) is 27.7 Å². The van der Waals surface area contributed by atoms with Crippen molar-refractivity contribution in [1.82, 2.24) is 0 Å². The van der Waals surface area contributed by atoms with Gasteiger partial charge in [0.1, 0.15) is 0 Å². The van der Waals surface area contributed by atoms with E-state index in [9.17, 15) is 0 Å². The SMILES string of the molecule is C=C(Cl)C(=C(C)C)/C(C)=C\C. The molecule has 0 aliphatic rings. The lowest BCUT2D eigenvalue weighted by Crippen LogP contribution is -1.87. The first-order valence-electron chi connectivity index (χ1n) is 3.66. The minimum atomic E-state index is 0.626. The smallest absolute Gasteiger partial charge is 0.0408 e. The van der Waals surface area contributed by atoms with Crippen LogP contribution in [0.5, 0.6) is 0 Å². The molecule has 62 valence electrons. The summed E-state index contributed by atoms with van der Waals surface area (Å²) in [5.74, 6) is 0. The molecule has 0 saturated heterocycles. The second-order valence-corrected chi connectivity index (χ2v) is 3.21. The molecular weight excluding hydrogens is 156 g/mol. The van der Waals surface area contributed by atoms with Gasteiger partial charge < -0.3 is 0 Å². The number of hydrogen-bond acceptors (Lipinski definition) is 0. The quantitative estimate of drug-likeness (QED) is 0.549. The van der Waals surface area contributed by atoms with Crippen molar-refractivity contribution in [1.29, 1.82) is 0 Å². The van der Waals surface area contributed by atoms with Gasteiger partial charge in [0.05, 0.1) is 0 Å². The lowest BCUT2D eigenvalue weighted by molar-refractivity contribution is 1.26.